The van der Waals surface area contributed by atoms with E-state index in [1.165, 1.54) is 0 Å². The van der Waals surface area contributed by atoms with E-state index in [1.54, 1.807) is 0 Å². The Hall–Kier alpha value is -3.15. The van der Waals surface area contributed by atoms with Crippen LogP contribution < -0.4 is 0 Å². The van der Waals surface area contributed by atoms with Crippen LogP contribution >= 0.6 is 0 Å². The molecule has 1 aliphatic rings. The SMILES string of the molecule is Cc1nn(CCC(=O)N2CCCC(c3nc4ccccc4n3C)C2)c2ccccc12. The van der Waals surface area contributed by atoms with Crippen molar-refractivity contribution in [2.75, 3.05) is 13.1 Å². The topological polar surface area (TPSA) is 56.0 Å². The van der Waals surface area contributed by atoms with Gasteiger partial charge < -0.3 is 9.47 Å². The second-order valence-electron chi connectivity index (χ2n) is 8.27. The molecule has 0 spiro atoms. The number of aryl methyl sites for hydroxylation is 3. The molecule has 1 atom stereocenters. The first-order valence-electron chi connectivity index (χ1n) is 10.7. The predicted molar refractivity (Wildman–Crippen MR) is 118 cm³/mol. The molecule has 0 N–H and O–H groups in total. The van der Waals surface area contributed by atoms with Crippen molar-refractivity contribution in [3.63, 3.8) is 0 Å². The summed E-state index contributed by atoms with van der Waals surface area (Å²) in [5.41, 5.74) is 4.29. The number of likely N-dealkylation sites (tertiary alicyclic amines) is 1. The van der Waals surface area contributed by atoms with Gasteiger partial charge in [-0.25, -0.2) is 4.98 Å². The zero-order valence-electron chi connectivity index (χ0n) is 17.6. The molecule has 1 amide bonds. The maximum absolute atomic E-state index is 13.0. The molecule has 3 heterocycles. The van der Waals surface area contributed by atoms with E-state index in [2.05, 4.69) is 41.0 Å². The average molecular weight is 402 g/mol. The zero-order valence-corrected chi connectivity index (χ0v) is 17.6. The Labute approximate surface area is 176 Å². The zero-order chi connectivity index (χ0) is 20.7. The van der Waals surface area contributed by atoms with Gasteiger partial charge in [0.15, 0.2) is 0 Å². The van der Waals surface area contributed by atoms with Gasteiger partial charge in [0.2, 0.25) is 5.91 Å². The number of rotatable bonds is 4. The van der Waals surface area contributed by atoms with E-state index in [1.807, 2.05) is 40.8 Å². The summed E-state index contributed by atoms with van der Waals surface area (Å²) < 4.78 is 4.15. The summed E-state index contributed by atoms with van der Waals surface area (Å²) in [6, 6.07) is 16.4. The Balaban J connectivity index is 1.29. The highest BCUT2D eigenvalue weighted by molar-refractivity contribution is 5.82. The Morgan fingerprint density at radius 2 is 1.87 bits per heavy atom. The number of piperidine rings is 1. The quantitative estimate of drug-likeness (QED) is 0.519. The van der Waals surface area contributed by atoms with Crippen LogP contribution in [0.4, 0.5) is 0 Å². The number of nitrogens with zero attached hydrogens (tertiary/aromatic N) is 5. The van der Waals surface area contributed by atoms with Crippen molar-refractivity contribution in [1.29, 1.82) is 0 Å². The van der Waals surface area contributed by atoms with E-state index in [9.17, 15) is 4.79 Å². The third kappa shape index (κ3) is 3.26. The predicted octanol–water partition coefficient (Wildman–Crippen LogP) is 4.03. The van der Waals surface area contributed by atoms with Gasteiger partial charge in [-0.05, 0) is 38.0 Å². The van der Waals surface area contributed by atoms with Crippen LogP contribution in [0.2, 0.25) is 0 Å². The number of carbonyl (C=O) groups excluding carboxylic acids is 1. The molecular weight excluding hydrogens is 374 g/mol. The first-order chi connectivity index (χ1) is 14.6. The Morgan fingerprint density at radius 1 is 1.10 bits per heavy atom. The number of imidazole rings is 1. The highest BCUT2D eigenvalue weighted by Crippen LogP contribution is 2.29. The van der Waals surface area contributed by atoms with E-state index in [4.69, 9.17) is 4.98 Å². The fourth-order valence-electron chi connectivity index (χ4n) is 4.77. The van der Waals surface area contributed by atoms with E-state index in [-0.39, 0.29) is 11.8 Å². The molecule has 1 unspecified atom stereocenters. The minimum Gasteiger partial charge on any atom is -0.342 e. The van der Waals surface area contributed by atoms with Crippen molar-refractivity contribution < 1.29 is 4.79 Å². The third-order valence-corrected chi connectivity index (χ3v) is 6.34. The summed E-state index contributed by atoms with van der Waals surface area (Å²) in [5, 5.41) is 5.80. The fourth-order valence-corrected chi connectivity index (χ4v) is 4.77. The summed E-state index contributed by atoms with van der Waals surface area (Å²) in [5.74, 6) is 1.57. The lowest BCUT2D eigenvalue weighted by Gasteiger charge is -2.32. The monoisotopic (exact) mass is 401 g/mol. The van der Waals surface area contributed by atoms with Gasteiger partial charge in [-0.3, -0.25) is 9.48 Å². The van der Waals surface area contributed by atoms with Crippen LogP contribution in [-0.2, 0) is 18.4 Å². The first kappa shape index (κ1) is 18.9. The lowest BCUT2D eigenvalue weighted by molar-refractivity contribution is -0.132. The van der Waals surface area contributed by atoms with Crippen molar-refractivity contribution in [1.82, 2.24) is 24.2 Å². The molecule has 0 radical (unpaired) electrons. The fraction of sp³-hybridized carbons (Fsp3) is 0.375. The van der Waals surface area contributed by atoms with Gasteiger partial charge in [0, 0.05) is 37.9 Å². The molecule has 0 bridgehead atoms. The van der Waals surface area contributed by atoms with Crippen LogP contribution in [-0.4, -0.2) is 43.2 Å². The lowest BCUT2D eigenvalue weighted by atomic mass is 9.97. The molecule has 4 aromatic rings. The molecule has 0 saturated carbocycles. The molecule has 30 heavy (non-hydrogen) atoms. The number of hydrogen-bond donors (Lipinski definition) is 0. The van der Waals surface area contributed by atoms with Gasteiger partial charge >= 0.3 is 0 Å². The smallest absolute Gasteiger partial charge is 0.224 e. The molecule has 1 aliphatic heterocycles. The largest absolute Gasteiger partial charge is 0.342 e. The summed E-state index contributed by atoms with van der Waals surface area (Å²) in [6.07, 6.45) is 2.56. The third-order valence-electron chi connectivity index (χ3n) is 6.34. The van der Waals surface area contributed by atoms with E-state index >= 15 is 0 Å². The second kappa shape index (κ2) is 7.59. The molecule has 1 saturated heterocycles. The molecule has 0 aliphatic carbocycles. The normalized spacial score (nSPS) is 17.1. The summed E-state index contributed by atoms with van der Waals surface area (Å²) in [7, 11) is 2.08. The standard InChI is InChI=1S/C24H27N5O/c1-17-19-9-3-5-11-21(19)29(26-17)15-13-23(30)28-14-7-8-18(16-28)24-25-20-10-4-6-12-22(20)27(24)2/h3-6,9-12,18H,7-8,13-16H2,1-2H3. The Bertz CT molecular complexity index is 1220. The van der Waals surface area contributed by atoms with Gasteiger partial charge in [-0.15, -0.1) is 0 Å². The van der Waals surface area contributed by atoms with Crippen LogP contribution in [0.25, 0.3) is 21.9 Å². The maximum Gasteiger partial charge on any atom is 0.224 e. The Morgan fingerprint density at radius 3 is 2.70 bits per heavy atom. The summed E-state index contributed by atoms with van der Waals surface area (Å²) >= 11 is 0. The van der Waals surface area contributed by atoms with Crippen LogP contribution in [0.3, 0.4) is 0 Å². The lowest BCUT2D eigenvalue weighted by Crippen LogP contribution is -2.40. The minimum absolute atomic E-state index is 0.204. The van der Waals surface area contributed by atoms with Crippen molar-refractivity contribution >= 4 is 27.8 Å². The van der Waals surface area contributed by atoms with Crippen molar-refractivity contribution in [3.05, 3.63) is 60.0 Å². The second-order valence-corrected chi connectivity index (χ2v) is 8.27. The Kier molecular flexibility index (Phi) is 4.77. The van der Waals surface area contributed by atoms with E-state index in [0.717, 1.165) is 59.4 Å². The number of benzene rings is 2. The molecule has 1 fully saturated rings. The minimum atomic E-state index is 0.204. The van der Waals surface area contributed by atoms with Gasteiger partial charge in [0.25, 0.3) is 0 Å². The highest BCUT2D eigenvalue weighted by atomic mass is 16.2. The van der Waals surface area contributed by atoms with Gasteiger partial charge in [-0.2, -0.15) is 5.10 Å². The molecule has 5 rings (SSSR count). The van der Waals surface area contributed by atoms with Crippen LogP contribution in [0.5, 0.6) is 0 Å². The molecule has 6 heteroatoms. The first-order valence-corrected chi connectivity index (χ1v) is 10.7. The molecule has 154 valence electrons. The molecule has 2 aromatic heterocycles. The van der Waals surface area contributed by atoms with E-state index < -0.39 is 0 Å². The maximum atomic E-state index is 13.0. The van der Waals surface area contributed by atoms with Crippen molar-refractivity contribution in [2.24, 2.45) is 7.05 Å². The molecule has 2 aromatic carbocycles. The molecule has 6 nitrogen and oxygen atoms in total. The summed E-state index contributed by atoms with van der Waals surface area (Å²) in [6.45, 7) is 4.21. The average Bonchev–Trinajstić information content (AvgIpc) is 3.29. The number of aromatic nitrogens is 4. The number of hydrogen-bond acceptors (Lipinski definition) is 3. The van der Waals surface area contributed by atoms with Crippen molar-refractivity contribution in [3.8, 4) is 0 Å². The van der Waals surface area contributed by atoms with Gasteiger partial charge in [-0.1, -0.05) is 30.3 Å². The highest BCUT2D eigenvalue weighted by Gasteiger charge is 2.28. The van der Waals surface area contributed by atoms with Crippen LogP contribution in [0.1, 0.15) is 36.7 Å². The van der Waals surface area contributed by atoms with Crippen LogP contribution in [0.15, 0.2) is 48.5 Å². The summed E-state index contributed by atoms with van der Waals surface area (Å²) in [4.78, 5) is 19.9. The van der Waals surface area contributed by atoms with E-state index in [0.29, 0.717) is 13.0 Å². The van der Waals surface area contributed by atoms with Crippen LogP contribution in [0, 0.1) is 6.92 Å². The van der Waals surface area contributed by atoms with Crippen molar-refractivity contribution in [2.45, 2.75) is 38.6 Å². The van der Waals surface area contributed by atoms with Gasteiger partial charge in [0.1, 0.15) is 5.82 Å². The number of para-hydroxylation sites is 3. The number of amides is 1. The number of fused-ring (bicyclic) bond motifs is 2. The number of carbonyl (C=O) groups is 1. The molecular formula is C24H27N5O. The van der Waals surface area contributed by atoms with Gasteiger partial charge in [0.05, 0.1) is 28.8 Å².